The molecule has 1 radical (unpaired) electrons. The molecule has 1 atom stereocenters. The Morgan fingerprint density at radius 1 is 0.966 bits per heavy atom. The lowest BCUT2D eigenvalue weighted by Gasteiger charge is -2.39. The first kappa shape index (κ1) is 20.2. The highest BCUT2D eigenvalue weighted by Crippen LogP contribution is 2.19. The second kappa shape index (κ2) is 8.72. The summed E-state index contributed by atoms with van der Waals surface area (Å²) in [4.78, 5) is 20.2. The number of rotatable bonds is 5. The number of piperazine rings is 1. The van der Waals surface area contributed by atoms with Crippen molar-refractivity contribution in [2.75, 3.05) is 44.2 Å². The normalized spacial score (nSPS) is 20.8. The van der Waals surface area contributed by atoms with E-state index in [2.05, 4.69) is 71.5 Å². The van der Waals surface area contributed by atoms with Crippen molar-refractivity contribution < 1.29 is 4.79 Å². The van der Waals surface area contributed by atoms with Crippen molar-refractivity contribution in [3.8, 4) is 0 Å². The van der Waals surface area contributed by atoms with Crippen LogP contribution in [0, 0.1) is 6.92 Å². The Bertz CT molecular complexity index is 845. The fraction of sp³-hybridized carbons (Fsp3) is 0.458. The molecule has 4 rings (SSSR count). The molecule has 5 heteroatoms. The standard InChI is InChI=1S/C24H32N3OSi/c1-19-9-11-21(12-10-19)26-17-15-25(16-18-26)13-6-14-27-20(2)29(3)23-8-5-4-7-22(23)24(27)28/h4-5,7-12,20H,6,13-18H2,1-3H3. The molecule has 1 amide bonds. The fourth-order valence-corrected chi connectivity index (χ4v) is 6.69. The number of fused-ring (bicyclic) bond motifs is 1. The second-order valence-electron chi connectivity index (χ2n) is 8.42. The minimum Gasteiger partial charge on any atom is -0.369 e. The summed E-state index contributed by atoms with van der Waals surface area (Å²) in [7, 11) is -0.718. The third-order valence-electron chi connectivity index (χ3n) is 6.58. The van der Waals surface area contributed by atoms with Gasteiger partial charge in [0.2, 0.25) is 0 Å². The van der Waals surface area contributed by atoms with Gasteiger partial charge in [0.15, 0.2) is 0 Å². The van der Waals surface area contributed by atoms with E-state index in [1.54, 1.807) is 0 Å². The number of nitrogens with zero attached hydrogens (tertiary/aromatic N) is 3. The van der Waals surface area contributed by atoms with E-state index in [0.717, 1.165) is 51.3 Å². The number of aryl methyl sites for hydroxylation is 1. The van der Waals surface area contributed by atoms with Crippen molar-refractivity contribution in [2.45, 2.75) is 32.5 Å². The first-order valence-electron chi connectivity index (χ1n) is 10.8. The molecule has 2 aromatic rings. The van der Waals surface area contributed by atoms with Gasteiger partial charge in [-0.15, -0.1) is 0 Å². The van der Waals surface area contributed by atoms with Gasteiger partial charge in [-0.05, 0) is 50.2 Å². The second-order valence-corrected chi connectivity index (χ2v) is 11.2. The van der Waals surface area contributed by atoms with E-state index in [4.69, 9.17) is 0 Å². The maximum atomic E-state index is 13.0. The molecule has 1 unspecified atom stereocenters. The van der Waals surface area contributed by atoms with Crippen LogP contribution in [0.15, 0.2) is 48.5 Å². The number of hydrogen-bond acceptors (Lipinski definition) is 3. The number of carbonyl (C=O) groups excluding carboxylic acids is 1. The number of benzene rings is 2. The maximum absolute atomic E-state index is 13.0. The zero-order chi connectivity index (χ0) is 20.4. The minimum atomic E-state index is -0.718. The van der Waals surface area contributed by atoms with Gasteiger partial charge in [0.05, 0.1) is 0 Å². The molecule has 2 aliphatic heterocycles. The summed E-state index contributed by atoms with van der Waals surface area (Å²) >= 11 is 0. The summed E-state index contributed by atoms with van der Waals surface area (Å²) in [5, 5.41) is 1.30. The first-order valence-corrected chi connectivity index (χ1v) is 12.9. The van der Waals surface area contributed by atoms with Crippen LogP contribution in [0.4, 0.5) is 5.69 Å². The molecule has 2 aliphatic rings. The Labute approximate surface area is 176 Å². The summed E-state index contributed by atoms with van der Waals surface area (Å²) in [6.07, 6.45) is 1.05. The number of anilines is 1. The summed E-state index contributed by atoms with van der Waals surface area (Å²) in [5.41, 5.74) is 3.95. The molecule has 2 heterocycles. The SMILES string of the molecule is Cc1ccc(N2CCN(CCCN3C(=O)c4ccccc4[Si](C)C3C)CC2)cc1. The third kappa shape index (κ3) is 4.26. The smallest absolute Gasteiger partial charge is 0.253 e. The molecule has 2 aromatic carbocycles. The molecule has 0 N–H and O–H groups in total. The summed E-state index contributed by atoms with van der Waals surface area (Å²) < 4.78 is 0. The summed E-state index contributed by atoms with van der Waals surface area (Å²) in [6, 6.07) is 17.1. The molecule has 1 fully saturated rings. The van der Waals surface area contributed by atoms with E-state index in [9.17, 15) is 4.79 Å². The molecular weight excluding hydrogens is 374 g/mol. The van der Waals surface area contributed by atoms with Gasteiger partial charge in [-0.2, -0.15) is 0 Å². The monoisotopic (exact) mass is 406 g/mol. The van der Waals surface area contributed by atoms with E-state index in [1.165, 1.54) is 16.4 Å². The predicted octanol–water partition coefficient (Wildman–Crippen LogP) is 2.92. The first-order chi connectivity index (χ1) is 14.0. The van der Waals surface area contributed by atoms with Crippen molar-refractivity contribution in [3.63, 3.8) is 0 Å². The molecule has 29 heavy (non-hydrogen) atoms. The molecule has 0 saturated carbocycles. The fourth-order valence-electron chi connectivity index (χ4n) is 4.55. The number of amides is 1. The van der Waals surface area contributed by atoms with Crippen LogP contribution < -0.4 is 10.1 Å². The van der Waals surface area contributed by atoms with Gasteiger partial charge in [0, 0.05) is 49.6 Å². The van der Waals surface area contributed by atoms with Crippen LogP contribution in [0.1, 0.15) is 29.3 Å². The molecule has 153 valence electrons. The van der Waals surface area contributed by atoms with Crippen LogP contribution in [0.2, 0.25) is 6.55 Å². The van der Waals surface area contributed by atoms with Crippen molar-refractivity contribution >= 4 is 25.6 Å². The molecule has 0 aromatic heterocycles. The average molecular weight is 407 g/mol. The van der Waals surface area contributed by atoms with Crippen LogP contribution in [-0.2, 0) is 0 Å². The van der Waals surface area contributed by atoms with E-state index < -0.39 is 8.80 Å². The maximum Gasteiger partial charge on any atom is 0.253 e. The molecular formula is C24H32N3OSi. The number of carbonyl (C=O) groups is 1. The lowest BCUT2D eigenvalue weighted by molar-refractivity contribution is 0.0725. The van der Waals surface area contributed by atoms with Crippen molar-refractivity contribution in [1.29, 1.82) is 0 Å². The van der Waals surface area contributed by atoms with Crippen LogP contribution in [0.3, 0.4) is 0 Å². The highest BCUT2D eigenvalue weighted by atomic mass is 28.3. The Balaban J connectivity index is 1.28. The summed E-state index contributed by atoms with van der Waals surface area (Å²) in [5.74, 6) is 0.230. The third-order valence-corrected chi connectivity index (χ3v) is 9.43. The Kier molecular flexibility index (Phi) is 6.06. The zero-order valence-corrected chi connectivity index (χ0v) is 18.9. The van der Waals surface area contributed by atoms with Gasteiger partial charge in [0.1, 0.15) is 8.80 Å². The zero-order valence-electron chi connectivity index (χ0n) is 17.9. The largest absolute Gasteiger partial charge is 0.369 e. The molecule has 0 spiro atoms. The van der Waals surface area contributed by atoms with E-state index in [-0.39, 0.29) is 5.91 Å². The highest BCUT2D eigenvalue weighted by Gasteiger charge is 2.35. The van der Waals surface area contributed by atoms with Gasteiger partial charge < -0.3 is 9.80 Å². The Morgan fingerprint density at radius 3 is 2.38 bits per heavy atom. The molecule has 1 saturated heterocycles. The van der Waals surface area contributed by atoms with Gasteiger partial charge in [-0.1, -0.05) is 42.4 Å². The van der Waals surface area contributed by atoms with E-state index >= 15 is 0 Å². The lowest BCUT2D eigenvalue weighted by Crippen LogP contribution is -2.58. The van der Waals surface area contributed by atoms with Crippen LogP contribution >= 0.6 is 0 Å². The summed E-state index contributed by atoms with van der Waals surface area (Å²) in [6.45, 7) is 13.0. The van der Waals surface area contributed by atoms with Gasteiger partial charge >= 0.3 is 0 Å². The van der Waals surface area contributed by atoms with Crippen molar-refractivity contribution in [3.05, 3.63) is 59.7 Å². The minimum absolute atomic E-state index is 0.230. The average Bonchev–Trinajstić information content (AvgIpc) is 2.75. The Hall–Kier alpha value is -2.11. The van der Waals surface area contributed by atoms with Gasteiger partial charge in [0.25, 0.3) is 5.91 Å². The predicted molar refractivity (Wildman–Crippen MR) is 123 cm³/mol. The lowest BCUT2D eigenvalue weighted by atomic mass is 10.1. The van der Waals surface area contributed by atoms with Gasteiger partial charge in [-0.3, -0.25) is 9.69 Å². The van der Waals surface area contributed by atoms with Crippen LogP contribution in [0.5, 0.6) is 0 Å². The molecule has 4 nitrogen and oxygen atoms in total. The van der Waals surface area contributed by atoms with Crippen LogP contribution in [-0.4, -0.2) is 69.4 Å². The molecule has 0 bridgehead atoms. The van der Waals surface area contributed by atoms with Crippen LogP contribution in [0.25, 0.3) is 0 Å². The van der Waals surface area contributed by atoms with E-state index in [0.29, 0.717) is 5.67 Å². The highest BCUT2D eigenvalue weighted by molar-refractivity contribution is 6.75. The van der Waals surface area contributed by atoms with E-state index in [1.807, 2.05) is 12.1 Å². The van der Waals surface area contributed by atoms with Crippen molar-refractivity contribution in [1.82, 2.24) is 9.80 Å². The number of hydrogen-bond donors (Lipinski definition) is 0. The quantitative estimate of drug-likeness (QED) is 0.715. The van der Waals surface area contributed by atoms with Crippen molar-refractivity contribution in [2.24, 2.45) is 0 Å². The topological polar surface area (TPSA) is 26.8 Å². The van der Waals surface area contributed by atoms with Gasteiger partial charge in [-0.25, -0.2) is 0 Å². The molecule has 0 aliphatic carbocycles. The Morgan fingerprint density at radius 2 is 1.66 bits per heavy atom.